The van der Waals surface area contributed by atoms with Gasteiger partial charge in [-0.3, -0.25) is 4.79 Å². The Labute approximate surface area is 172 Å². The fraction of sp³-hybridized carbons (Fsp3) is 0.391. The number of hydrogen-bond acceptors (Lipinski definition) is 5. The molecule has 1 amide bonds. The van der Waals surface area contributed by atoms with E-state index in [2.05, 4.69) is 29.6 Å². The van der Waals surface area contributed by atoms with Gasteiger partial charge >= 0.3 is 0 Å². The molecule has 0 heterocycles. The molecule has 2 rings (SSSR count). The van der Waals surface area contributed by atoms with Gasteiger partial charge in [0.25, 0.3) is 5.91 Å². The summed E-state index contributed by atoms with van der Waals surface area (Å²) in [5, 5.41) is 4.14. The van der Waals surface area contributed by atoms with Crippen LogP contribution in [0.1, 0.15) is 53.4 Å². The van der Waals surface area contributed by atoms with Crippen molar-refractivity contribution in [1.82, 2.24) is 5.43 Å². The van der Waals surface area contributed by atoms with Crippen LogP contribution in [-0.2, 0) is 0 Å². The molecule has 0 fully saturated rings. The number of aryl methyl sites for hydroxylation is 3. The van der Waals surface area contributed by atoms with E-state index in [1.807, 2.05) is 34.6 Å². The molecule has 29 heavy (non-hydrogen) atoms. The highest BCUT2D eigenvalue weighted by Crippen LogP contribution is 2.39. The van der Waals surface area contributed by atoms with Gasteiger partial charge in [-0.15, -0.1) is 0 Å². The monoisotopic (exact) mass is 398 g/mol. The lowest BCUT2D eigenvalue weighted by atomic mass is 10.0. The van der Waals surface area contributed by atoms with E-state index in [9.17, 15) is 4.79 Å². The van der Waals surface area contributed by atoms with Crippen LogP contribution in [0.3, 0.4) is 0 Å². The number of rotatable bonds is 9. The molecule has 0 bridgehead atoms. The molecule has 0 saturated carbocycles. The third-order valence-electron chi connectivity index (χ3n) is 4.27. The van der Waals surface area contributed by atoms with Crippen LogP contribution < -0.4 is 19.6 Å². The molecule has 6 heteroatoms. The quantitative estimate of drug-likeness (QED) is 0.496. The summed E-state index contributed by atoms with van der Waals surface area (Å²) in [6.07, 6.45) is 1.67. The first-order valence-corrected chi connectivity index (χ1v) is 9.88. The average molecular weight is 399 g/mol. The van der Waals surface area contributed by atoms with Crippen LogP contribution in [0.25, 0.3) is 0 Å². The summed E-state index contributed by atoms with van der Waals surface area (Å²) < 4.78 is 17.0. The van der Waals surface area contributed by atoms with Gasteiger partial charge in [0, 0.05) is 11.1 Å². The first-order valence-electron chi connectivity index (χ1n) is 9.88. The van der Waals surface area contributed by atoms with Crippen molar-refractivity contribution < 1.29 is 19.0 Å². The van der Waals surface area contributed by atoms with Gasteiger partial charge in [-0.2, -0.15) is 5.10 Å². The normalized spacial score (nSPS) is 10.8. The van der Waals surface area contributed by atoms with E-state index >= 15 is 0 Å². The average Bonchev–Trinajstić information content (AvgIpc) is 2.66. The van der Waals surface area contributed by atoms with Crippen molar-refractivity contribution in [3.05, 3.63) is 52.1 Å². The number of hydrogen-bond donors (Lipinski definition) is 1. The van der Waals surface area contributed by atoms with E-state index in [4.69, 9.17) is 14.2 Å². The Morgan fingerprint density at radius 3 is 1.90 bits per heavy atom. The minimum absolute atomic E-state index is 0.353. The topological polar surface area (TPSA) is 69.2 Å². The van der Waals surface area contributed by atoms with Crippen molar-refractivity contribution in [2.45, 2.75) is 41.5 Å². The number of benzene rings is 2. The second-order valence-electron chi connectivity index (χ2n) is 6.61. The zero-order valence-corrected chi connectivity index (χ0v) is 18.1. The van der Waals surface area contributed by atoms with E-state index in [-0.39, 0.29) is 5.91 Å². The van der Waals surface area contributed by atoms with Gasteiger partial charge in [-0.25, -0.2) is 5.43 Å². The van der Waals surface area contributed by atoms with Gasteiger partial charge in [0.2, 0.25) is 5.75 Å². The van der Waals surface area contributed by atoms with Crippen LogP contribution in [0.2, 0.25) is 0 Å². The summed E-state index contributed by atoms with van der Waals surface area (Å²) in [6.45, 7) is 13.1. The Morgan fingerprint density at radius 2 is 1.41 bits per heavy atom. The Hall–Kier alpha value is -3.02. The lowest BCUT2D eigenvalue weighted by molar-refractivity contribution is 0.0954. The summed E-state index contributed by atoms with van der Waals surface area (Å²) in [5.41, 5.74) is 7.38. The number of hydrazone groups is 1. The molecule has 6 nitrogen and oxygen atoms in total. The van der Waals surface area contributed by atoms with Crippen LogP contribution >= 0.6 is 0 Å². The van der Waals surface area contributed by atoms with Crippen LogP contribution in [0, 0.1) is 20.8 Å². The molecule has 156 valence electrons. The van der Waals surface area contributed by atoms with Crippen LogP contribution in [0.4, 0.5) is 0 Å². The third kappa shape index (κ3) is 5.73. The Kier molecular flexibility index (Phi) is 8.07. The minimum atomic E-state index is -0.353. The summed E-state index contributed by atoms with van der Waals surface area (Å²) in [7, 11) is 0. The summed E-state index contributed by atoms with van der Waals surface area (Å²) in [6, 6.07) is 7.46. The maximum absolute atomic E-state index is 12.7. The molecule has 0 aliphatic heterocycles. The van der Waals surface area contributed by atoms with Crippen molar-refractivity contribution in [1.29, 1.82) is 0 Å². The molecule has 0 aromatic heterocycles. The number of amides is 1. The van der Waals surface area contributed by atoms with E-state index in [1.165, 1.54) is 5.56 Å². The lowest BCUT2D eigenvalue weighted by Gasteiger charge is -2.16. The predicted molar refractivity (Wildman–Crippen MR) is 116 cm³/mol. The molecule has 0 atom stereocenters. The molecule has 0 unspecified atom stereocenters. The van der Waals surface area contributed by atoms with E-state index in [0.29, 0.717) is 42.6 Å². The Balaban J connectivity index is 2.28. The zero-order chi connectivity index (χ0) is 21.4. The summed E-state index contributed by atoms with van der Waals surface area (Å²) in [5.74, 6) is 1.09. The summed E-state index contributed by atoms with van der Waals surface area (Å²) >= 11 is 0. The van der Waals surface area contributed by atoms with Gasteiger partial charge in [0.05, 0.1) is 26.0 Å². The first-order chi connectivity index (χ1) is 13.9. The predicted octanol–water partition coefficient (Wildman–Crippen LogP) is 4.57. The number of carbonyl (C=O) groups is 1. The standard InChI is InChI=1S/C23H30N2O4/c1-7-27-20-12-18(13-21(28-8-2)22(20)29-9-3)23(26)25-24-14-19-16(5)10-15(4)11-17(19)6/h10-14H,7-9H2,1-6H3,(H,25,26)/b24-14+. The van der Waals surface area contributed by atoms with Crippen LogP contribution in [0.5, 0.6) is 17.2 Å². The first kappa shape index (κ1) is 22.3. The molecule has 0 aliphatic carbocycles. The largest absolute Gasteiger partial charge is 0.490 e. The van der Waals surface area contributed by atoms with Gasteiger partial charge in [-0.1, -0.05) is 17.7 Å². The highest BCUT2D eigenvalue weighted by atomic mass is 16.5. The molecule has 2 aromatic carbocycles. The van der Waals surface area contributed by atoms with Crippen LogP contribution in [-0.4, -0.2) is 31.9 Å². The summed E-state index contributed by atoms with van der Waals surface area (Å²) in [4.78, 5) is 12.7. The van der Waals surface area contributed by atoms with Gasteiger partial charge in [-0.05, 0) is 64.8 Å². The second kappa shape index (κ2) is 10.5. The SMILES string of the molecule is CCOc1cc(C(=O)N/N=C/c2c(C)cc(C)cc2C)cc(OCC)c1OCC. The third-order valence-corrected chi connectivity index (χ3v) is 4.27. The molecular formula is C23H30N2O4. The lowest BCUT2D eigenvalue weighted by Crippen LogP contribution is -2.18. The molecule has 1 N–H and O–H groups in total. The van der Waals surface area contributed by atoms with E-state index < -0.39 is 0 Å². The Morgan fingerprint density at radius 1 is 0.897 bits per heavy atom. The maximum Gasteiger partial charge on any atom is 0.271 e. The second-order valence-corrected chi connectivity index (χ2v) is 6.61. The zero-order valence-electron chi connectivity index (χ0n) is 18.1. The van der Waals surface area contributed by atoms with Gasteiger partial charge in [0.1, 0.15) is 0 Å². The van der Waals surface area contributed by atoms with Crippen molar-refractivity contribution in [3.63, 3.8) is 0 Å². The molecule has 0 radical (unpaired) electrons. The number of nitrogens with one attached hydrogen (secondary N) is 1. The van der Waals surface area contributed by atoms with Crippen molar-refractivity contribution in [2.24, 2.45) is 5.10 Å². The van der Waals surface area contributed by atoms with Crippen molar-refractivity contribution in [3.8, 4) is 17.2 Å². The highest BCUT2D eigenvalue weighted by molar-refractivity contribution is 5.96. The highest BCUT2D eigenvalue weighted by Gasteiger charge is 2.18. The van der Waals surface area contributed by atoms with E-state index in [0.717, 1.165) is 16.7 Å². The molecule has 2 aromatic rings. The maximum atomic E-state index is 12.7. The fourth-order valence-electron chi connectivity index (χ4n) is 3.13. The molecule has 0 spiro atoms. The van der Waals surface area contributed by atoms with Crippen molar-refractivity contribution >= 4 is 12.1 Å². The smallest absolute Gasteiger partial charge is 0.271 e. The fourth-order valence-corrected chi connectivity index (χ4v) is 3.13. The number of nitrogens with zero attached hydrogens (tertiary/aromatic N) is 1. The minimum Gasteiger partial charge on any atom is -0.490 e. The van der Waals surface area contributed by atoms with Gasteiger partial charge in [0.15, 0.2) is 11.5 Å². The van der Waals surface area contributed by atoms with E-state index in [1.54, 1.807) is 18.3 Å². The molecule has 0 aliphatic rings. The molecular weight excluding hydrogens is 368 g/mol. The number of ether oxygens (including phenoxy) is 3. The molecule has 0 saturated heterocycles. The number of carbonyl (C=O) groups excluding carboxylic acids is 1. The Bertz CT molecular complexity index is 840. The van der Waals surface area contributed by atoms with Crippen LogP contribution in [0.15, 0.2) is 29.4 Å². The van der Waals surface area contributed by atoms with Crippen molar-refractivity contribution in [2.75, 3.05) is 19.8 Å². The van der Waals surface area contributed by atoms with Gasteiger partial charge < -0.3 is 14.2 Å².